The Labute approximate surface area is 151 Å². The summed E-state index contributed by atoms with van der Waals surface area (Å²) in [4.78, 5) is 28.2. The Kier molecular flexibility index (Phi) is 4.84. The highest BCUT2D eigenvalue weighted by molar-refractivity contribution is 5.93. The molecule has 6 heteroatoms. The molecule has 132 valence electrons. The lowest BCUT2D eigenvalue weighted by molar-refractivity contribution is 0.0460. The van der Waals surface area contributed by atoms with Gasteiger partial charge in [0.25, 0.3) is 0 Å². The second-order valence-electron chi connectivity index (χ2n) is 5.93. The first kappa shape index (κ1) is 17.4. The van der Waals surface area contributed by atoms with E-state index < -0.39 is 11.9 Å². The third-order valence-electron chi connectivity index (χ3n) is 4.10. The van der Waals surface area contributed by atoms with E-state index >= 15 is 0 Å². The number of carbonyl (C=O) groups is 2. The molecule has 0 fully saturated rings. The van der Waals surface area contributed by atoms with Gasteiger partial charge in [0, 0.05) is 18.2 Å². The number of aromatic nitrogens is 2. The van der Waals surface area contributed by atoms with Crippen LogP contribution >= 0.6 is 0 Å². The minimum Gasteiger partial charge on any atom is -0.456 e. The van der Waals surface area contributed by atoms with E-state index in [1.807, 2.05) is 30.3 Å². The number of amides is 1. The van der Waals surface area contributed by atoms with Gasteiger partial charge in [-0.3, -0.25) is 4.79 Å². The number of ether oxygens (including phenoxy) is 1. The van der Waals surface area contributed by atoms with Gasteiger partial charge in [0.1, 0.15) is 18.1 Å². The highest BCUT2D eigenvalue weighted by atomic mass is 16.5. The summed E-state index contributed by atoms with van der Waals surface area (Å²) in [6.07, 6.45) is 0. The standard InChI is InChI=1S/C20H19N3O3/c1-13-17(20(25)26-12-14-6-4-3-5-7-14)23(2)19(22-13)16-10-8-15(9-11-16)18(21)24/h3-11H,12H2,1-2H3,(H2,21,24). The van der Waals surface area contributed by atoms with E-state index in [0.29, 0.717) is 22.8 Å². The average Bonchev–Trinajstić information content (AvgIpc) is 2.95. The van der Waals surface area contributed by atoms with Gasteiger partial charge in [0.2, 0.25) is 5.91 Å². The molecule has 0 aliphatic heterocycles. The molecule has 3 aromatic rings. The van der Waals surface area contributed by atoms with Gasteiger partial charge in [0.05, 0.1) is 5.69 Å². The minimum atomic E-state index is -0.488. The van der Waals surface area contributed by atoms with Crippen LogP contribution in [0.4, 0.5) is 0 Å². The number of hydrogen-bond acceptors (Lipinski definition) is 4. The Morgan fingerprint density at radius 2 is 1.73 bits per heavy atom. The van der Waals surface area contributed by atoms with Crippen LogP contribution in [0.1, 0.15) is 32.1 Å². The lowest BCUT2D eigenvalue weighted by Crippen LogP contribution is -2.12. The number of rotatable bonds is 5. The fourth-order valence-corrected chi connectivity index (χ4v) is 2.75. The predicted octanol–water partition coefficient (Wildman–Crippen LogP) is 2.85. The Balaban J connectivity index is 1.83. The Morgan fingerprint density at radius 1 is 1.08 bits per heavy atom. The van der Waals surface area contributed by atoms with Crippen molar-refractivity contribution >= 4 is 11.9 Å². The van der Waals surface area contributed by atoms with Gasteiger partial charge < -0.3 is 15.0 Å². The highest BCUT2D eigenvalue weighted by Crippen LogP contribution is 2.22. The van der Waals surface area contributed by atoms with Crippen LogP contribution < -0.4 is 5.73 Å². The average molecular weight is 349 g/mol. The van der Waals surface area contributed by atoms with Crippen LogP contribution in [-0.4, -0.2) is 21.4 Å². The molecular formula is C20H19N3O3. The summed E-state index contributed by atoms with van der Waals surface area (Å²) in [5.41, 5.74) is 8.36. The van der Waals surface area contributed by atoms with Crippen molar-refractivity contribution in [2.24, 2.45) is 12.8 Å². The summed E-state index contributed by atoms with van der Waals surface area (Å²) in [6, 6.07) is 16.3. The van der Waals surface area contributed by atoms with E-state index in [-0.39, 0.29) is 6.61 Å². The van der Waals surface area contributed by atoms with Crippen molar-refractivity contribution in [2.75, 3.05) is 0 Å². The van der Waals surface area contributed by atoms with E-state index in [1.165, 1.54) is 0 Å². The van der Waals surface area contributed by atoms with Crippen molar-refractivity contribution in [1.82, 2.24) is 9.55 Å². The number of aryl methyl sites for hydroxylation is 1. The second kappa shape index (κ2) is 7.23. The molecule has 6 nitrogen and oxygen atoms in total. The molecule has 1 amide bonds. The molecule has 3 rings (SSSR count). The van der Waals surface area contributed by atoms with Crippen molar-refractivity contribution in [3.05, 3.63) is 77.1 Å². The van der Waals surface area contributed by atoms with Crippen LogP contribution in [0.25, 0.3) is 11.4 Å². The van der Waals surface area contributed by atoms with E-state index in [4.69, 9.17) is 10.5 Å². The van der Waals surface area contributed by atoms with Crippen LogP contribution in [0.2, 0.25) is 0 Å². The molecule has 1 aromatic heterocycles. The molecule has 1 heterocycles. The number of esters is 1. The summed E-state index contributed by atoms with van der Waals surface area (Å²) in [5, 5.41) is 0. The first-order valence-electron chi connectivity index (χ1n) is 8.12. The van der Waals surface area contributed by atoms with Crippen LogP contribution in [-0.2, 0) is 18.4 Å². The SMILES string of the molecule is Cc1nc(-c2ccc(C(N)=O)cc2)n(C)c1C(=O)OCc1ccccc1. The topological polar surface area (TPSA) is 87.2 Å². The van der Waals surface area contributed by atoms with E-state index in [2.05, 4.69) is 4.98 Å². The van der Waals surface area contributed by atoms with Gasteiger partial charge in [-0.25, -0.2) is 9.78 Å². The van der Waals surface area contributed by atoms with Gasteiger partial charge in [0.15, 0.2) is 0 Å². The number of nitrogens with two attached hydrogens (primary N) is 1. The van der Waals surface area contributed by atoms with Gasteiger partial charge in [-0.1, -0.05) is 42.5 Å². The molecule has 0 aliphatic carbocycles. The lowest BCUT2D eigenvalue weighted by atomic mass is 10.1. The van der Waals surface area contributed by atoms with E-state index in [1.54, 1.807) is 42.8 Å². The van der Waals surface area contributed by atoms with Crippen molar-refractivity contribution in [1.29, 1.82) is 0 Å². The summed E-state index contributed by atoms with van der Waals surface area (Å²) in [5.74, 6) is -0.302. The monoisotopic (exact) mass is 349 g/mol. The molecule has 2 aromatic carbocycles. The molecule has 0 aliphatic rings. The molecule has 0 spiro atoms. The fraction of sp³-hybridized carbons (Fsp3) is 0.150. The zero-order valence-corrected chi connectivity index (χ0v) is 14.6. The Morgan fingerprint density at radius 3 is 2.35 bits per heavy atom. The van der Waals surface area contributed by atoms with E-state index in [9.17, 15) is 9.59 Å². The number of hydrogen-bond donors (Lipinski definition) is 1. The zero-order valence-electron chi connectivity index (χ0n) is 14.6. The molecule has 0 bridgehead atoms. The van der Waals surface area contributed by atoms with Crippen LogP contribution in [0.15, 0.2) is 54.6 Å². The molecule has 2 N–H and O–H groups in total. The van der Waals surface area contributed by atoms with Crippen molar-refractivity contribution in [3.63, 3.8) is 0 Å². The Bertz CT molecular complexity index is 944. The second-order valence-corrected chi connectivity index (χ2v) is 5.93. The summed E-state index contributed by atoms with van der Waals surface area (Å²) < 4.78 is 7.11. The molecule has 0 saturated carbocycles. The Hall–Kier alpha value is -3.41. The number of carbonyl (C=O) groups excluding carboxylic acids is 2. The normalized spacial score (nSPS) is 10.5. The first-order valence-corrected chi connectivity index (χ1v) is 8.12. The quantitative estimate of drug-likeness (QED) is 0.718. The number of benzene rings is 2. The summed E-state index contributed by atoms with van der Waals surface area (Å²) in [7, 11) is 1.76. The van der Waals surface area contributed by atoms with E-state index in [0.717, 1.165) is 11.1 Å². The van der Waals surface area contributed by atoms with Crippen LogP contribution in [0.3, 0.4) is 0 Å². The largest absolute Gasteiger partial charge is 0.456 e. The molecule has 0 saturated heterocycles. The van der Waals surface area contributed by atoms with Gasteiger partial charge in [-0.15, -0.1) is 0 Å². The number of nitrogens with zero attached hydrogens (tertiary/aromatic N) is 2. The van der Waals surface area contributed by atoms with Gasteiger partial charge in [-0.05, 0) is 24.6 Å². The van der Waals surface area contributed by atoms with Crippen molar-refractivity contribution < 1.29 is 14.3 Å². The van der Waals surface area contributed by atoms with Crippen LogP contribution in [0, 0.1) is 6.92 Å². The van der Waals surface area contributed by atoms with Crippen LogP contribution in [0.5, 0.6) is 0 Å². The maximum atomic E-state index is 12.5. The smallest absolute Gasteiger partial charge is 0.357 e. The molecule has 0 radical (unpaired) electrons. The lowest BCUT2D eigenvalue weighted by Gasteiger charge is -2.08. The maximum absolute atomic E-state index is 12.5. The van der Waals surface area contributed by atoms with Crippen molar-refractivity contribution in [2.45, 2.75) is 13.5 Å². The van der Waals surface area contributed by atoms with Gasteiger partial charge >= 0.3 is 5.97 Å². The highest BCUT2D eigenvalue weighted by Gasteiger charge is 2.20. The first-order chi connectivity index (χ1) is 12.5. The third kappa shape index (κ3) is 3.49. The number of imidazole rings is 1. The maximum Gasteiger partial charge on any atom is 0.357 e. The molecule has 0 unspecified atom stereocenters. The number of primary amides is 1. The fourth-order valence-electron chi connectivity index (χ4n) is 2.75. The third-order valence-corrected chi connectivity index (χ3v) is 4.10. The minimum absolute atomic E-state index is 0.201. The molecule has 26 heavy (non-hydrogen) atoms. The van der Waals surface area contributed by atoms with Gasteiger partial charge in [-0.2, -0.15) is 0 Å². The molecular weight excluding hydrogens is 330 g/mol. The summed E-state index contributed by atoms with van der Waals surface area (Å²) >= 11 is 0. The zero-order chi connectivity index (χ0) is 18.7. The molecule has 0 atom stereocenters. The van der Waals surface area contributed by atoms with Crippen molar-refractivity contribution in [3.8, 4) is 11.4 Å². The summed E-state index contributed by atoms with van der Waals surface area (Å²) in [6.45, 7) is 1.97. The predicted molar refractivity (Wildman–Crippen MR) is 97.5 cm³/mol.